The van der Waals surface area contributed by atoms with Crippen molar-refractivity contribution < 1.29 is 59.7 Å². The maximum Gasteiger partial charge on any atom is 0.345 e. The second-order valence-corrected chi connectivity index (χ2v) is 32.6. The van der Waals surface area contributed by atoms with Crippen molar-refractivity contribution in [1.82, 2.24) is 19.9 Å². The lowest BCUT2D eigenvalue weighted by Gasteiger charge is -2.37. The number of benzene rings is 8. The van der Waals surface area contributed by atoms with Crippen molar-refractivity contribution in [1.29, 1.82) is 5.26 Å². The van der Waals surface area contributed by atoms with Crippen molar-refractivity contribution in [2.45, 2.75) is 88.5 Å². The molecular weight excluding hydrogens is 1330 g/mol. The molecule has 8 aromatic carbocycles. The molecule has 1 unspecified atom stereocenters. The summed E-state index contributed by atoms with van der Waals surface area (Å²) in [7, 11) is -3.66. The molecule has 0 fully saturated rings. The van der Waals surface area contributed by atoms with Crippen molar-refractivity contribution in [3.05, 3.63) is 256 Å². The number of nitrogens with zero attached hydrogens (tertiary/aromatic N) is 5. The lowest BCUT2D eigenvalue weighted by Crippen LogP contribution is -2.43. The number of rotatable bonds is 27. The Morgan fingerprint density at radius 3 is 2.01 bits per heavy atom. The average molecular weight is 1410 g/mol. The minimum Gasteiger partial charge on any atom is -0.543 e. The van der Waals surface area contributed by atoms with Gasteiger partial charge in [-0.2, -0.15) is 13.7 Å². The summed E-state index contributed by atoms with van der Waals surface area (Å²) in [6, 6.07) is 56.3. The topological polar surface area (TPSA) is 221 Å². The fraction of sp³-hybridized carbons (Fsp3) is 0.221. The number of aliphatic carboxylic acids is 1. The highest BCUT2D eigenvalue weighted by atomic mass is 35.5. The normalized spacial score (nSPS) is 12.5. The van der Waals surface area contributed by atoms with E-state index in [-0.39, 0.29) is 46.2 Å². The van der Waals surface area contributed by atoms with Gasteiger partial charge in [-0.05, 0) is 156 Å². The highest BCUT2D eigenvalue weighted by Gasteiger charge is 2.41. The highest BCUT2D eigenvalue weighted by Crippen LogP contribution is 2.51. The highest BCUT2D eigenvalue weighted by molar-refractivity contribution is 7.86. The van der Waals surface area contributed by atoms with E-state index in [1.165, 1.54) is 41.9 Å². The van der Waals surface area contributed by atoms with Crippen LogP contribution in [0.15, 0.2) is 205 Å². The molecule has 99 heavy (non-hydrogen) atoms. The van der Waals surface area contributed by atoms with Crippen LogP contribution in [0.2, 0.25) is 23.2 Å². The van der Waals surface area contributed by atoms with Crippen LogP contribution in [0, 0.1) is 31.0 Å². The van der Waals surface area contributed by atoms with Crippen LogP contribution in [0.5, 0.6) is 34.6 Å². The summed E-state index contributed by atoms with van der Waals surface area (Å²) in [6.07, 6.45) is -0.163. The van der Waals surface area contributed by atoms with Crippen LogP contribution in [0.1, 0.15) is 65.4 Å². The van der Waals surface area contributed by atoms with Gasteiger partial charge < -0.3 is 38.0 Å². The van der Waals surface area contributed by atoms with Gasteiger partial charge in [0.2, 0.25) is 20.3 Å². The summed E-state index contributed by atoms with van der Waals surface area (Å²) in [5, 5.41) is 21.3. The summed E-state index contributed by atoms with van der Waals surface area (Å²) in [5.41, 5.74) is 5.60. The average Bonchev–Trinajstić information content (AvgIpc) is 1.71. The molecule has 0 aliphatic heterocycles. The van der Waals surface area contributed by atoms with E-state index in [0.717, 1.165) is 11.1 Å². The summed E-state index contributed by atoms with van der Waals surface area (Å²) < 4.78 is 94.1. The van der Waals surface area contributed by atoms with Crippen molar-refractivity contribution in [3.63, 3.8) is 0 Å². The molecule has 0 saturated heterocycles. The molecule has 22 heteroatoms. The number of carbonyl (C=O) groups is 1. The number of hydrogen-bond acceptors (Lipinski definition) is 17. The molecule has 506 valence electrons. The number of fused-ring (bicyclic) bond motifs is 1. The van der Waals surface area contributed by atoms with Gasteiger partial charge in [0, 0.05) is 34.2 Å². The van der Waals surface area contributed by atoms with Crippen molar-refractivity contribution in [2.24, 2.45) is 0 Å². The second kappa shape index (κ2) is 30.0. The minimum atomic E-state index is -4.38. The molecule has 0 aliphatic rings. The maximum absolute atomic E-state index is 14.8. The predicted octanol–water partition coefficient (Wildman–Crippen LogP) is 17.0. The van der Waals surface area contributed by atoms with Crippen LogP contribution in [-0.2, 0) is 42.5 Å². The lowest BCUT2D eigenvalue weighted by molar-refractivity contribution is -0.145. The van der Waals surface area contributed by atoms with Gasteiger partial charge >= 0.3 is 5.97 Å². The Morgan fingerprint density at radius 1 is 0.727 bits per heavy atom. The molecule has 0 bridgehead atoms. The molecule has 0 aliphatic carbocycles. The summed E-state index contributed by atoms with van der Waals surface area (Å²) in [4.78, 5) is 33.2. The number of carboxylic acids is 1. The number of carboxylic acid groups (broad SMARTS) is 1. The first-order valence-electron chi connectivity index (χ1n) is 31.6. The van der Waals surface area contributed by atoms with E-state index in [4.69, 9.17) is 58.6 Å². The SMILES string of the molecule is COc1ccc(C(OC[C@H](COS(=O)(=O)c2ccc(C)cc2)Oc2ccc(-c3c(-c4ccc(F)cc4)sc4ncnc(OC(Cc5cc(O[Si](C)(C)C(C)(C)C)ccc5OCc5ccnc(-c6ccccc6C#N)n5)C(=O)O)c34)c(C)c2Cl)(c2ccccc2)c2ccc(OC)cc2)cc1. The molecule has 11 rings (SSSR count). The van der Waals surface area contributed by atoms with Gasteiger partial charge in [-0.3, -0.25) is 4.18 Å². The summed E-state index contributed by atoms with van der Waals surface area (Å²) in [6.45, 7) is 13.3. The van der Waals surface area contributed by atoms with Crippen molar-refractivity contribution in [2.75, 3.05) is 27.4 Å². The Kier molecular flexibility index (Phi) is 21.3. The molecule has 3 aromatic heterocycles. The Morgan fingerprint density at radius 2 is 1.36 bits per heavy atom. The number of halogens is 2. The zero-order chi connectivity index (χ0) is 70.2. The standard InChI is InChI=1S/C77H71ClFN5O12S2Si/c1-48-19-34-62(35-20-48)98(87,88)93-46-61(45-92-77(53-16-11-10-12-17-53,54-23-29-58(89-6)30-24-54)55-25-31-59(90-7)32-26-55)94-66-38-36-63(49(2)70(66)78)68-69-73(82-47-83-74(69)97-71(68)50-21-27-56(79)28-22-50)95-67(75(85)86)42-52-41-60(96-99(8,9)76(3,4)5)33-37-65(52)91-44-57-39-40-81-72(84-57)64-18-14-13-15-51(64)43-80/h10-41,47,61,67H,42,44-46H2,1-9H3,(H,85,86)/t61-,67?/m1/s1. The van der Waals surface area contributed by atoms with E-state index in [0.29, 0.717) is 99.7 Å². The zero-order valence-electron chi connectivity index (χ0n) is 55.8. The quantitative estimate of drug-likeness (QED) is 0.0287. The first kappa shape index (κ1) is 70.3. The lowest BCUT2D eigenvalue weighted by atomic mass is 9.80. The largest absolute Gasteiger partial charge is 0.543 e. The van der Waals surface area contributed by atoms with E-state index in [9.17, 15) is 28.0 Å². The van der Waals surface area contributed by atoms with E-state index in [2.05, 4.69) is 49.9 Å². The van der Waals surface area contributed by atoms with Crippen molar-refractivity contribution >= 4 is 57.6 Å². The van der Waals surface area contributed by atoms with E-state index < -0.39 is 54.6 Å². The van der Waals surface area contributed by atoms with Gasteiger partial charge in [0.15, 0.2) is 5.82 Å². The molecule has 2 atom stereocenters. The van der Waals surface area contributed by atoms with Gasteiger partial charge in [-0.15, -0.1) is 11.3 Å². The molecule has 0 saturated carbocycles. The van der Waals surface area contributed by atoms with Gasteiger partial charge in [-0.1, -0.05) is 135 Å². The third-order valence-electron chi connectivity index (χ3n) is 17.4. The third kappa shape index (κ3) is 15.6. The number of hydrogen-bond donors (Lipinski definition) is 1. The zero-order valence-corrected chi connectivity index (χ0v) is 59.2. The number of aromatic nitrogens is 4. The summed E-state index contributed by atoms with van der Waals surface area (Å²) >= 11 is 8.81. The number of methoxy groups -OCH3 is 2. The fourth-order valence-electron chi connectivity index (χ4n) is 11.0. The second-order valence-electron chi connectivity index (χ2n) is 24.9. The van der Waals surface area contributed by atoms with E-state index in [1.54, 1.807) is 112 Å². The Hall–Kier alpha value is -10.1. The molecular formula is C77H71ClFN5O12S2Si. The molecule has 11 aromatic rings. The number of ether oxygens (including phenoxy) is 6. The number of aryl methyl sites for hydroxylation is 1. The van der Waals surface area contributed by atoms with Crippen LogP contribution in [-0.4, -0.2) is 87.4 Å². The monoisotopic (exact) mass is 1400 g/mol. The summed E-state index contributed by atoms with van der Waals surface area (Å²) in [5.74, 6) is 0.665. The first-order valence-corrected chi connectivity index (χ1v) is 37.1. The minimum absolute atomic E-state index is 0.0523. The van der Waals surface area contributed by atoms with E-state index in [1.807, 2.05) is 85.8 Å². The van der Waals surface area contributed by atoms with Gasteiger partial charge in [0.25, 0.3) is 10.1 Å². The third-order valence-corrected chi connectivity index (χ3v) is 24.6. The Labute approximate surface area is 584 Å². The molecule has 0 radical (unpaired) electrons. The van der Waals surface area contributed by atoms with Gasteiger partial charge in [0.1, 0.15) is 70.6 Å². The van der Waals surface area contributed by atoms with Crippen LogP contribution >= 0.6 is 22.9 Å². The van der Waals surface area contributed by atoms with Crippen LogP contribution in [0.3, 0.4) is 0 Å². The Bertz CT molecular complexity index is 4820. The van der Waals surface area contributed by atoms with Crippen molar-refractivity contribution in [3.8, 4) is 73.7 Å². The first-order chi connectivity index (χ1) is 47.5. The molecule has 0 spiro atoms. The Balaban J connectivity index is 0.977. The van der Waals surface area contributed by atoms with Crippen LogP contribution < -0.4 is 28.1 Å². The predicted molar refractivity (Wildman–Crippen MR) is 382 cm³/mol. The fourth-order valence-corrected chi connectivity index (χ4v) is 14.3. The molecule has 17 nitrogen and oxygen atoms in total. The smallest absolute Gasteiger partial charge is 0.345 e. The number of nitriles is 1. The van der Waals surface area contributed by atoms with Crippen LogP contribution in [0.25, 0.3) is 43.2 Å². The maximum atomic E-state index is 14.8. The van der Waals surface area contributed by atoms with Gasteiger partial charge in [-0.25, -0.2) is 29.1 Å². The molecule has 0 amide bonds. The van der Waals surface area contributed by atoms with E-state index >= 15 is 0 Å². The number of thiophene rings is 1. The van der Waals surface area contributed by atoms with Gasteiger partial charge in [0.05, 0.1) is 53.5 Å². The molecule has 1 N–H and O–H groups in total. The van der Waals surface area contributed by atoms with Crippen LogP contribution in [0.4, 0.5) is 4.39 Å². The molecule has 3 heterocycles.